The van der Waals surface area contributed by atoms with Crippen LogP contribution in [0.25, 0.3) is 0 Å². The van der Waals surface area contributed by atoms with Gasteiger partial charge in [0.2, 0.25) is 0 Å². The summed E-state index contributed by atoms with van der Waals surface area (Å²) in [4.78, 5) is 23.6. The summed E-state index contributed by atoms with van der Waals surface area (Å²) in [5, 5.41) is -0.382. The number of hydrogen-bond donors (Lipinski definition) is 1. The molecule has 0 saturated heterocycles. The summed E-state index contributed by atoms with van der Waals surface area (Å²) in [5.41, 5.74) is 5.40. The highest BCUT2D eigenvalue weighted by Crippen LogP contribution is 2.48. The molecule has 1 aromatic rings. The Kier molecular flexibility index (Phi) is 11.8. The highest BCUT2D eigenvalue weighted by atomic mass is 35.5. The van der Waals surface area contributed by atoms with Gasteiger partial charge in [-0.25, -0.2) is 0 Å². The Hall–Kier alpha value is -0.430. The Balaban J connectivity index is 2.37. The number of rotatable bonds is 11. The van der Waals surface area contributed by atoms with Crippen LogP contribution < -0.4 is 10.5 Å². The first kappa shape index (κ1) is 24.6. The van der Waals surface area contributed by atoms with Gasteiger partial charge in [-0.2, -0.15) is 0 Å². The number of halogens is 5. The molecule has 0 unspecified atom stereocenters. The Morgan fingerprint density at radius 2 is 1.22 bits per heavy atom. The summed E-state index contributed by atoms with van der Waals surface area (Å²) < 4.78 is 10.2. The zero-order valence-electron chi connectivity index (χ0n) is 14.5. The maximum atomic E-state index is 11.9. The zero-order chi connectivity index (χ0) is 20.4. The van der Waals surface area contributed by atoms with E-state index in [1.807, 2.05) is 0 Å². The van der Waals surface area contributed by atoms with E-state index in [1.165, 1.54) is 0 Å². The fourth-order valence-electron chi connectivity index (χ4n) is 2.07. The Labute approximate surface area is 183 Å². The molecule has 0 spiro atoms. The third kappa shape index (κ3) is 8.22. The van der Waals surface area contributed by atoms with Gasteiger partial charge in [-0.1, -0.05) is 70.8 Å². The van der Waals surface area contributed by atoms with E-state index in [4.69, 9.17) is 73.2 Å². The molecule has 1 rings (SSSR count). The van der Waals surface area contributed by atoms with Crippen LogP contribution in [0.4, 0.5) is 0 Å². The van der Waals surface area contributed by atoms with Gasteiger partial charge >= 0.3 is 11.9 Å². The van der Waals surface area contributed by atoms with Crippen LogP contribution in [0.15, 0.2) is 0 Å². The van der Waals surface area contributed by atoms with Crippen molar-refractivity contribution in [1.82, 2.24) is 0 Å². The molecule has 0 amide bonds. The van der Waals surface area contributed by atoms with Crippen LogP contribution in [0.3, 0.4) is 0 Å². The molecule has 0 bridgehead atoms. The number of carbonyl (C=O) groups excluding carboxylic acids is 2. The van der Waals surface area contributed by atoms with Gasteiger partial charge in [-0.3, -0.25) is 9.59 Å². The lowest BCUT2D eigenvalue weighted by atomic mass is 10.2. The predicted molar refractivity (Wildman–Crippen MR) is 109 cm³/mol. The van der Waals surface area contributed by atoms with Crippen LogP contribution in [-0.4, -0.2) is 25.1 Å². The quantitative estimate of drug-likeness (QED) is 0.137. The molecule has 2 N–H and O–H groups in total. The number of benzene rings is 1. The van der Waals surface area contributed by atoms with Crippen molar-refractivity contribution < 1.29 is 19.1 Å². The molecule has 5 nitrogen and oxygen atoms in total. The van der Waals surface area contributed by atoms with E-state index in [2.05, 4.69) is 0 Å². The standard InChI is InChI=1S/C17H20Cl5NO4/c18-12-13(19)15(21)17(16(22)14(12)20)27-11(25)7-5-6-10(24)26-9-4-2-1-3-8-23/h1-9,23H2. The molecular weight excluding hydrogens is 459 g/mol. The monoisotopic (exact) mass is 477 g/mol. The molecule has 0 atom stereocenters. The molecule has 0 saturated carbocycles. The summed E-state index contributed by atoms with van der Waals surface area (Å²) in [6.07, 6.45) is 4.07. The topological polar surface area (TPSA) is 78.6 Å². The maximum Gasteiger partial charge on any atom is 0.311 e. The number of ether oxygens (including phenoxy) is 2. The minimum Gasteiger partial charge on any atom is -0.466 e. The number of carbonyl (C=O) groups is 2. The average molecular weight is 480 g/mol. The largest absolute Gasteiger partial charge is 0.466 e. The summed E-state index contributed by atoms with van der Waals surface area (Å²) in [7, 11) is 0. The molecule has 0 aliphatic heterocycles. The molecule has 0 aliphatic carbocycles. The van der Waals surface area contributed by atoms with Gasteiger partial charge in [0.25, 0.3) is 0 Å². The molecule has 0 radical (unpaired) electrons. The van der Waals surface area contributed by atoms with Crippen molar-refractivity contribution in [2.75, 3.05) is 13.2 Å². The second-order valence-corrected chi connectivity index (χ2v) is 7.54. The lowest BCUT2D eigenvalue weighted by Gasteiger charge is -2.12. The van der Waals surface area contributed by atoms with Crippen LogP contribution in [0.1, 0.15) is 44.9 Å². The van der Waals surface area contributed by atoms with Crippen LogP contribution in [0.5, 0.6) is 5.75 Å². The second-order valence-electron chi connectivity index (χ2n) is 5.65. The Morgan fingerprint density at radius 1 is 0.704 bits per heavy atom. The Bertz CT molecular complexity index is 640. The van der Waals surface area contributed by atoms with Crippen molar-refractivity contribution in [2.24, 2.45) is 5.73 Å². The minimum atomic E-state index is -0.636. The minimum absolute atomic E-state index is 0.0288. The van der Waals surface area contributed by atoms with E-state index in [-0.39, 0.29) is 56.1 Å². The highest BCUT2D eigenvalue weighted by Gasteiger charge is 2.22. The normalized spacial score (nSPS) is 10.7. The van der Waals surface area contributed by atoms with Crippen LogP contribution in [0, 0.1) is 0 Å². The highest BCUT2D eigenvalue weighted by molar-refractivity contribution is 6.55. The summed E-state index contributed by atoms with van der Waals surface area (Å²) in [6, 6.07) is 0. The molecule has 0 aliphatic rings. The van der Waals surface area contributed by atoms with E-state index in [0.717, 1.165) is 25.7 Å². The number of unbranched alkanes of at least 4 members (excludes halogenated alkanes) is 3. The van der Waals surface area contributed by atoms with Gasteiger partial charge in [0.05, 0.1) is 21.7 Å². The van der Waals surface area contributed by atoms with Gasteiger partial charge in [0.15, 0.2) is 5.75 Å². The SMILES string of the molecule is NCCCCCCOC(=O)CCCC(=O)Oc1c(Cl)c(Cl)c(Cl)c(Cl)c1Cl. The van der Waals surface area contributed by atoms with E-state index in [1.54, 1.807) is 0 Å². The molecule has 27 heavy (non-hydrogen) atoms. The summed E-state index contributed by atoms with van der Waals surface area (Å²) in [6.45, 7) is 1.03. The fourth-order valence-corrected chi connectivity index (χ4v) is 3.27. The zero-order valence-corrected chi connectivity index (χ0v) is 18.2. The lowest BCUT2D eigenvalue weighted by molar-refractivity contribution is -0.144. The third-order valence-corrected chi connectivity index (χ3v) is 5.75. The number of esters is 2. The molecule has 10 heteroatoms. The molecule has 1 aromatic carbocycles. The second kappa shape index (κ2) is 12.9. The molecule has 152 valence electrons. The van der Waals surface area contributed by atoms with Crippen molar-refractivity contribution in [3.05, 3.63) is 25.1 Å². The first-order valence-electron chi connectivity index (χ1n) is 8.37. The average Bonchev–Trinajstić information content (AvgIpc) is 2.64. The maximum absolute atomic E-state index is 11.9. The van der Waals surface area contributed by atoms with Gasteiger partial charge in [-0.15, -0.1) is 0 Å². The van der Waals surface area contributed by atoms with E-state index in [0.29, 0.717) is 13.2 Å². The lowest BCUT2D eigenvalue weighted by Crippen LogP contribution is -2.11. The van der Waals surface area contributed by atoms with Crippen LogP contribution in [0.2, 0.25) is 25.1 Å². The van der Waals surface area contributed by atoms with E-state index < -0.39 is 5.97 Å². The van der Waals surface area contributed by atoms with Gasteiger partial charge < -0.3 is 15.2 Å². The van der Waals surface area contributed by atoms with Gasteiger partial charge in [0.1, 0.15) is 10.0 Å². The fraction of sp³-hybridized carbons (Fsp3) is 0.529. The van der Waals surface area contributed by atoms with E-state index in [9.17, 15) is 9.59 Å². The van der Waals surface area contributed by atoms with Crippen molar-refractivity contribution in [3.63, 3.8) is 0 Å². The van der Waals surface area contributed by atoms with Crippen molar-refractivity contribution in [3.8, 4) is 5.75 Å². The van der Waals surface area contributed by atoms with Crippen molar-refractivity contribution in [2.45, 2.75) is 44.9 Å². The summed E-state index contributed by atoms with van der Waals surface area (Å²) in [5.74, 6) is -1.17. The molecule has 0 fully saturated rings. The summed E-state index contributed by atoms with van der Waals surface area (Å²) >= 11 is 29.7. The first-order valence-corrected chi connectivity index (χ1v) is 10.3. The Morgan fingerprint density at radius 3 is 1.81 bits per heavy atom. The van der Waals surface area contributed by atoms with Crippen LogP contribution in [-0.2, 0) is 14.3 Å². The molecule has 0 aromatic heterocycles. The number of nitrogens with two attached hydrogens (primary N) is 1. The smallest absolute Gasteiger partial charge is 0.311 e. The molecular formula is C17H20Cl5NO4. The number of hydrogen-bond acceptors (Lipinski definition) is 5. The predicted octanol–water partition coefficient (Wildman–Crippen LogP) is 6.09. The third-order valence-electron chi connectivity index (χ3n) is 3.51. The molecule has 0 heterocycles. The van der Waals surface area contributed by atoms with Crippen LogP contribution >= 0.6 is 58.0 Å². The van der Waals surface area contributed by atoms with Gasteiger partial charge in [0, 0.05) is 12.8 Å². The van der Waals surface area contributed by atoms with Gasteiger partial charge in [-0.05, 0) is 25.8 Å². The van der Waals surface area contributed by atoms with Crippen molar-refractivity contribution >= 4 is 69.9 Å². The first-order chi connectivity index (χ1) is 12.8. The van der Waals surface area contributed by atoms with E-state index >= 15 is 0 Å². The van der Waals surface area contributed by atoms with Crippen molar-refractivity contribution in [1.29, 1.82) is 0 Å².